The van der Waals surface area contributed by atoms with Gasteiger partial charge in [-0.05, 0) is 18.2 Å². The first-order valence-corrected chi connectivity index (χ1v) is 5.59. The number of aromatic nitrogens is 1. The van der Waals surface area contributed by atoms with Crippen LogP contribution in [-0.2, 0) is 7.05 Å². The molecule has 1 aromatic heterocycles. The highest BCUT2D eigenvalue weighted by Crippen LogP contribution is 2.13. The molecular formula is C14H14N2O2. The van der Waals surface area contributed by atoms with Crippen LogP contribution < -0.4 is 10.5 Å². The third-order valence-corrected chi connectivity index (χ3v) is 2.80. The van der Waals surface area contributed by atoms with Crippen LogP contribution in [0.1, 0.15) is 10.4 Å². The van der Waals surface area contributed by atoms with Gasteiger partial charge in [-0.25, -0.2) is 0 Å². The average molecular weight is 242 g/mol. The Balaban J connectivity index is 2.31. The van der Waals surface area contributed by atoms with Crippen molar-refractivity contribution in [3.63, 3.8) is 0 Å². The molecule has 0 fully saturated rings. The van der Waals surface area contributed by atoms with Crippen LogP contribution in [0.3, 0.4) is 0 Å². The Kier molecular flexibility index (Phi) is 3.28. The lowest BCUT2D eigenvalue weighted by Gasteiger charge is -2.17. The van der Waals surface area contributed by atoms with Crippen molar-refractivity contribution in [2.24, 2.45) is 7.05 Å². The van der Waals surface area contributed by atoms with E-state index in [4.69, 9.17) is 0 Å². The molecule has 92 valence electrons. The van der Waals surface area contributed by atoms with E-state index in [1.165, 1.54) is 15.5 Å². The van der Waals surface area contributed by atoms with E-state index in [-0.39, 0.29) is 11.5 Å². The van der Waals surface area contributed by atoms with Gasteiger partial charge in [0.2, 0.25) is 0 Å². The minimum absolute atomic E-state index is 0.192. The lowest BCUT2D eigenvalue weighted by atomic mass is 10.2. The first-order chi connectivity index (χ1) is 8.59. The van der Waals surface area contributed by atoms with E-state index in [1.807, 2.05) is 30.3 Å². The molecule has 2 rings (SSSR count). The number of para-hydroxylation sites is 1. The fourth-order valence-corrected chi connectivity index (χ4v) is 1.64. The second kappa shape index (κ2) is 4.87. The van der Waals surface area contributed by atoms with Crippen molar-refractivity contribution in [1.29, 1.82) is 0 Å². The molecule has 1 aromatic carbocycles. The molecule has 0 unspecified atom stereocenters. The molecule has 0 saturated carbocycles. The molecule has 1 heterocycles. The quantitative estimate of drug-likeness (QED) is 0.803. The number of hydrogen-bond donors (Lipinski definition) is 0. The van der Waals surface area contributed by atoms with Gasteiger partial charge in [-0.1, -0.05) is 18.2 Å². The maximum Gasteiger partial charge on any atom is 0.258 e. The predicted octanol–water partition coefficient (Wildman–Crippen LogP) is 1.66. The van der Waals surface area contributed by atoms with Gasteiger partial charge in [-0.15, -0.1) is 0 Å². The summed E-state index contributed by atoms with van der Waals surface area (Å²) in [5.74, 6) is -0.195. The largest absolute Gasteiger partial charge is 0.319 e. The van der Waals surface area contributed by atoms with E-state index >= 15 is 0 Å². The highest BCUT2D eigenvalue weighted by Gasteiger charge is 2.13. The number of carbonyl (C=O) groups is 1. The maximum atomic E-state index is 12.2. The van der Waals surface area contributed by atoms with Gasteiger partial charge in [0.1, 0.15) is 0 Å². The van der Waals surface area contributed by atoms with Crippen molar-refractivity contribution in [2.45, 2.75) is 0 Å². The van der Waals surface area contributed by atoms with Crippen molar-refractivity contribution in [2.75, 3.05) is 11.9 Å². The number of rotatable bonds is 2. The number of pyridine rings is 1. The Labute approximate surface area is 105 Å². The van der Waals surface area contributed by atoms with Crippen LogP contribution in [0, 0.1) is 0 Å². The van der Waals surface area contributed by atoms with Gasteiger partial charge >= 0.3 is 0 Å². The van der Waals surface area contributed by atoms with E-state index in [1.54, 1.807) is 26.4 Å². The Hall–Kier alpha value is -2.36. The molecule has 2 aromatic rings. The fraction of sp³-hybridized carbons (Fsp3) is 0.143. The number of carbonyl (C=O) groups excluding carboxylic acids is 1. The molecule has 4 nitrogen and oxygen atoms in total. The van der Waals surface area contributed by atoms with Crippen LogP contribution >= 0.6 is 0 Å². The summed E-state index contributed by atoms with van der Waals surface area (Å²) >= 11 is 0. The molecule has 0 atom stereocenters. The molecule has 0 bridgehead atoms. The molecule has 0 saturated heterocycles. The molecule has 0 aliphatic rings. The zero-order chi connectivity index (χ0) is 13.1. The first kappa shape index (κ1) is 12.1. The highest BCUT2D eigenvalue weighted by atomic mass is 16.2. The molecule has 0 aliphatic heterocycles. The molecule has 0 spiro atoms. The fourth-order valence-electron chi connectivity index (χ4n) is 1.64. The average Bonchev–Trinajstić information content (AvgIpc) is 2.41. The zero-order valence-electron chi connectivity index (χ0n) is 10.3. The summed E-state index contributed by atoms with van der Waals surface area (Å²) in [6.07, 6.45) is 1.59. The summed E-state index contributed by atoms with van der Waals surface area (Å²) < 4.78 is 1.43. The van der Waals surface area contributed by atoms with E-state index in [0.29, 0.717) is 5.56 Å². The lowest BCUT2D eigenvalue weighted by molar-refractivity contribution is 0.0992. The van der Waals surface area contributed by atoms with Crippen molar-refractivity contribution < 1.29 is 4.79 Å². The minimum Gasteiger partial charge on any atom is -0.319 e. The van der Waals surface area contributed by atoms with Crippen molar-refractivity contribution in [3.05, 3.63) is 64.6 Å². The maximum absolute atomic E-state index is 12.2. The van der Waals surface area contributed by atoms with Gasteiger partial charge in [0.15, 0.2) is 0 Å². The molecule has 0 radical (unpaired) electrons. The van der Waals surface area contributed by atoms with Crippen LogP contribution in [0.2, 0.25) is 0 Å². The van der Waals surface area contributed by atoms with E-state index in [9.17, 15) is 9.59 Å². The van der Waals surface area contributed by atoms with E-state index < -0.39 is 0 Å². The molecule has 0 N–H and O–H groups in total. The zero-order valence-corrected chi connectivity index (χ0v) is 10.3. The van der Waals surface area contributed by atoms with Crippen LogP contribution in [-0.4, -0.2) is 17.5 Å². The summed E-state index contributed by atoms with van der Waals surface area (Å²) in [5.41, 5.74) is 0.995. The lowest BCUT2D eigenvalue weighted by Crippen LogP contribution is -2.28. The number of nitrogens with zero attached hydrogens (tertiary/aromatic N) is 2. The van der Waals surface area contributed by atoms with Crippen molar-refractivity contribution in [1.82, 2.24) is 4.57 Å². The first-order valence-electron chi connectivity index (χ1n) is 5.59. The van der Waals surface area contributed by atoms with E-state index in [2.05, 4.69) is 0 Å². The summed E-state index contributed by atoms with van der Waals surface area (Å²) in [7, 11) is 3.34. The summed E-state index contributed by atoms with van der Waals surface area (Å²) in [5, 5.41) is 0. The Morgan fingerprint density at radius 3 is 2.44 bits per heavy atom. The minimum atomic E-state index is -0.195. The Morgan fingerprint density at radius 2 is 1.83 bits per heavy atom. The molecule has 1 amide bonds. The summed E-state index contributed by atoms with van der Waals surface area (Å²) in [6, 6.07) is 12.3. The normalized spacial score (nSPS) is 10.1. The van der Waals surface area contributed by atoms with Gasteiger partial charge < -0.3 is 9.47 Å². The van der Waals surface area contributed by atoms with Crippen LogP contribution in [0.15, 0.2) is 53.5 Å². The molecular weight excluding hydrogens is 228 g/mol. The van der Waals surface area contributed by atoms with Gasteiger partial charge in [0.05, 0.1) is 0 Å². The topological polar surface area (TPSA) is 42.3 Å². The van der Waals surface area contributed by atoms with Gasteiger partial charge in [0, 0.05) is 37.6 Å². The number of hydrogen-bond acceptors (Lipinski definition) is 2. The third kappa shape index (κ3) is 2.32. The number of amides is 1. The number of benzene rings is 1. The number of aryl methyl sites for hydroxylation is 1. The van der Waals surface area contributed by atoms with Crippen molar-refractivity contribution >= 4 is 11.6 Å². The third-order valence-electron chi connectivity index (χ3n) is 2.80. The van der Waals surface area contributed by atoms with Gasteiger partial charge in [-0.2, -0.15) is 0 Å². The Morgan fingerprint density at radius 1 is 1.17 bits per heavy atom. The number of anilines is 1. The van der Waals surface area contributed by atoms with Crippen LogP contribution in [0.4, 0.5) is 5.69 Å². The van der Waals surface area contributed by atoms with Gasteiger partial charge in [0.25, 0.3) is 11.5 Å². The predicted molar refractivity (Wildman–Crippen MR) is 70.9 cm³/mol. The van der Waals surface area contributed by atoms with E-state index in [0.717, 1.165) is 5.69 Å². The SMILES string of the molecule is CN(C(=O)c1ccn(C)c(=O)c1)c1ccccc1. The monoisotopic (exact) mass is 242 g/mol. The molecule has 18 heavy (non-hydrogen) atoms. The van der Waals surface area contributed by atoms with Crippen LogP contribution in [0.25, 0.3) is 0 Å². The second-order valence-corrected chi connectivity index (χ2v) is 4.06. The second-order valence-electron chi connectivity index (χ2n) is 4.06. The highest BCUT2D eigenvalue weighted by molar-refractivity contribution is 6.05. The molecule has 4 heteroatoms. The summed E-state index contributed by atoms with van der Waals surface area (Å²) in [4.78, 5) is 25.2. The van der Waals surface area contributed by atoms with Gasteiger partial charge in [-0.3, -0.25) is 9.59 Å². The molecule has 0 aliphatic carbocycles. The van der Waals surface area contributed by atoms with Crippen molar-refractivity contribution in [3.8, 4) is 0 Å². The standard InChI is InChI=1S/C14H14N2O2/c1-15-9-8-11(10-13(15)17)14(18)16(2)12-6-4-3-5-7-12/h3-10H,1-2H3. The Bertz CT molecular complexity index is 617. The van der Waals surface area contributed by atoms with Crippen LogP contribution in [0.5, 0.6) is 0 Å². The summed E-state index contributed by atoms with van der Waals surface area (Å²) in [6.45, 7) is 0. The smallest absolute Gasteiger partial charge is 0.258 e.